The molecule has 0 amide bonds. The quantitative estimate of drug-likeness (QED) is 0.572. The van der Waals surface area contributed by atoms with Crippen LogP contribution in [0.15, 0.2) is 36.4 Å². The van der Waals surface area contributed by atoms with Crippen molar-refractivity contribution in [1.29, 1.82) is 0 Å². The number of methoxy groups -OCH3 is 2. The third kappa shape index (κ3) is 5.67. The molecule has 0 spiro atoms. The fraction of sp³-hybridized carbons (Fsp3) is 0.417. The van der Waals surface area contributed by atoms with Crippen LogP contribution in [0.25, 0.3) is 0 Å². The Kier molecular flexibility index (Phi) is 7.65. The molecule has 4 unspecified atom stereocenters. The maximum absolute atomic E-state index is 11.6. The molecule has 2 aromatic rings. The van der Waals surface area contributed by atoms with Crippen molar-refractivity contribution in [3.8, 4) is 23.0 Å². The topological polar surface area (TPSA) is 121 Å². The van der Waals surface area contributed by atoms with Crippen LogP contribution in [-0.4, -0.2) is 49.6 Å². The second-order valence-corrected chi connectivity index (χ2v) is 7.81. The Morgan fingerprint density at radius 2 is 1.45 bits per heavy atom. The van der Waals surface area contributed by atoms with Crippen molar-refractivity contribution in [2.45, 2.75) is 26.1 Å². The summed E-state index contributed by atoms with van der Waals surface area (Å²) in [5.41, 5.74) is 1.24. The molecule has 3 rings (SSSR count). The van der Waals surface area contributed by atoms with E-state index in [0.29, 0.717) is 22.6 Å². The zero-order chi connectivity index (χ0) is 24.1. The summed E-state index contributed by atoms with van der Waals surface area (Å²) in [6, 6.07) is 9.63. The zero-order valence-electron chi connectivity index (χ0n) is 18.9. The minimum atomic E-state index is -0.625. The Morgan fingerprint density at radius 1 is 0.848 bits per heavy atom. The Morgan fingerprint density at radius 3 is 1.97 bits per heavy atom. The van der Waals surface area contributed by atoms with Crippen molar-refractivity contribution >= 4 is 11.9 Å². The summed E-state index contributed by atoms with van der Waals surface area (Å²) in [6.45, 7) is 2.62. The van der Waals surface area contributed by atoms with Gasteiger partial charge in [-0.25, -0.2) is 0 Å². The number of carbonyl (C=O) groups excluding carboxylic acids is 2. The molecular weight excluding hydrogens is 432 g/mol. The molecule has 1 heterocycles. The van der Waals surface area contributed by atoms with Gasteiger partial charge in [0, 0.05) is 31.7 Å². The highest BCUT2D eigenvalue weighted by Crippen LogP contribution is 2.51. The fourth-order valence-corrected chi connectivity index (χ4v) is 4.08. The first-order chi connectivity index (χ1) is 15.7. The highest BCUT2D eigenvalue weighted by atomic mass is 16.6. The molecule has 2 aromatic carbocycles. The Balaban J connectivity index is 2.05. The van der Waals surface area contributed by atoms with Crippen LogP contribution in [0.3, 0.4) is 0 Å². The summed E-state index contributed by atoms with van der Waals surface area (Å²) in [5, 5.41) is 20.5. The third-order valence-corrected chi connectivity index (χ3v) is 5.59. The molecule has 0 aliphatic carbocycles. The zero-order valence-corrected chi connectivity index (χ0v) is 18.9. The van der Waals surface area contributed by atoms with Gasteiger partial charge in [0.1, 0.15) is 11.5 Å². The van der Waals surface area contributed by atoms with Crippen molar-refractivity contribution in [2.75, 3.05) is 27.4 Å². The van der Waals surface area contributed by atoms with Crippen LogP contribution in [0.4, 0.5) is 0 Å². The Hall–Kier alpha value is -3.46. The molecule has 0 radical (unpaired) electrons. The van der Waals surface area contributed by atoms with Gasteiger partial charge in [0.05, 0.1) is 39.6 Å². The molecule has 4 atom stereocenters. The van der Waals surface area contributed by atoms with Crippen LogP contribution < -0.4 is 9.47 Å². The van der Waals surface area contributed by atoms with Gasteiger partial charge >= 0.3 is 11.9 Å². The first-order valence-corrected chi connectivity index (χ1v) is 10.4. The number of esters is 2. The first kappa shape index (κ1) is 24.2. The van der Waals surface area contributed by atoms with E-state index in [9.17, 15) is 19.8 Å². The van der Waals surface area contributed by atoms with E-state index >= 15 is 0 Å². The smallest absolute Gasteiger partial charge is 0.302 e. The molecule has 0 bridgehead atoms. The number of phenols is 2. The second-order valence-electron chi connectivity index (χ2n) is 7.81. The van der Waals surface area contributed by atoms with E-state index in [1.807, 2.05) is 0 Å². The molecule has 9 nitrogen and oxygen atoms in total. The molecule has 178 valence electrons. The summed E-state index contributed by atoms with van der Waals surface area (Å²) in [5.74, 6) is -1.10. The minimum absolute atomic E-state index is 0.00252. The molecule has 1 aliphatic rings. The Labute approximate surface area is 191 Å². The van der Waals surface area contributed by atoms with E-state index in [1.54, 1.807) is 24.3 Å². The van der Waals surface area contributed by atoms with E-state index in [2.05, 4.69) is 0 Å². The number of rotatable bonds is 8. The normalized spacial score (nSPS) is 21.9. The number of carbonyl (C=O) groups is 2. The third-order valence-electron chi connectivity index (χ3n) is 5.59. The lowest BCUT2D eigenvalue weighted by atomic mass is 9.83. The second kappa shape index (κ2) is 10.4. The van der Waals surface area contributed by atoms with Crippen LogP contribution in [-0.2, 0) is 23.8 Å². The standard InChI is InChI=1S/C24H28O9/c1-13(25)31-11-19-20(12-32-14(2)26)24(16-7-17(27)10-18(8-16)29-3)33-23(19)15-5-6-22(30-4)21(28)9-15/h5-10,19-20,23-24,27-28H,11-12H2,1-4H3. The van der Waals surface area contributed by atoms with Crippen LogP contribution >= 0.6 is 0 Å². The lowest BCUT2D eigenvalue weighted by molar-refractivity contribution is -0.146. The summed E-state index contributed by atoms with van der Waals surface area (Å²) in [4.78, 5) is 23.2. The lowest BCUT2D eigenvalue weighted by Crippen LogP contribution is -2.27. The molecular formula is C24H28O9. The predicted molar refractivity (Wildman–Crippen MR) is 116 cm³/mol. The molecule has 2 N–H and O–H groups in total. The van der Waals surface area contributed by atoms with E-state index in [0.717, 1.165) is 0 Å². The van der Waals surface area contributed by atoms with E-state index in [-0.39, 0.29) is 24.7 Å². The van der Waals surface area contributed by atoms with Crippen molar-refractivity contribution in [3.05, 3.63) is 47.5 Å². The SMILES string of the molecule is COc1cc(O)cc(C2OC(c3ccc(OC)c(O)c3)C(COC(C)=O)C2COC(C)=O)c1. The van der Waals surface area contributed by atoms with Crippen molar-refractivity contribution in [3.63, 3.8) is 0 Å². The first-order valence-electron chi connectivity index (χ1n) is 10.4. The van der Waals surface area contributed by atoms with Gasteiger partial charge in [0.25, 0.3) is 0 Å². The fourth-order valence-electron chi connectivity index (χ4n) is 4.08. The highest BCUT2D eigenvalue weighted by Gasteiger charge is 2.47. The van der Waals surface area contributed by atoms with Crippen molar-refractivity contribution in [2.24, 2.45) is 11.8 Å². The van der Waals surface area contributed by atoms with Gasteiger partial charge in [0.2, 0.25) is 0 Å². The van der Waals surface area contributed by atoms with Crippen LogP contribution in [0.1, 0.15) is 37.2 Å². The van der Waals surface area contributed by atoms with Crippen molar-refractivity contribution in [1.82, 2.24) is 0 Å². The van der Waals surface area contributed by atoms with Crippen molar-refractivity contribution < 1.29 is 43.5 Å². The molecule has 1 fully saturated rings. The van der Waals surface area contributed by atoms with Gasteiger partial charge in [-0.1, -0.05) is 6.07 Å². The number of phenolic OH excluding ortho intramolecular Hbond substituents is 2. The maximum Gasteiger partial charge on any atom is 0.302 e. The molecule has 33 heavy (non-hydrogen) atoms. The van der Waals surface area contributed by atoms with Gasteiger partial charge in [-0.2, -0.15) is 0 Å². The molecule has 1 aliphatic heterocycles. The molecule has 0 saturated carbocycles. The number of ether oxygens (including phenoxy) is 5. The predicted octanol–water partition coefficient (Wildman–Crippen LogP) is 3.29. The van der Waals surface area contributed by atoms with E-state index < -0.39 is 36.0 Å². The highest BCUT2D eigenvalue weighted by molar-refractivity contribution is 5.66. The minimum Gasteiger partial charge on any atom is -0.508 e. The lowest BCUT2D eigenvalue weighted by Gasteiger charge is -2.24. The maximum atomic E-state index is 11.6. The van der Waals surface area contributed by atoms with Crippen LogP contribution in [0, 0.1) is 11.8 Å². The summed E-state index contributed by atoms with van der Waals surface area (Å²) < 4.78 is 27.4. The summed E-state index contributed by atoms with van der Waals surface area (Å²) >= 11 is 0. The van der Waals surface area contributed by atoms with Gasteiger partial charge in [-0.05, 0) is 35.4 Å². The monoisotopic (exact) mass is 460 g/mol. The number of hydrogen-bond acceptors (Lipinski definition) is 9. The number of aromatic hydroxyl groups is 2. The molecule has 9 heteroatoms. The summed E-state index contributed by atoms with van der Waals surface area (Å²) in [7, 11) is 2.93. The largest absolute Gasteiger partial charge is 0.508 e. The molecule has 0 aromatic heterocycles. The Bertz CT molecular complexity index is 1000. The number of benzene rings is 2. The average Bonchev–Trinajstić information content (AvgIpc) is 3.14. The van der Waals surface area contributed by atoms with Gasteiger partial charge < -0.3 is 33.9 Å². The van der Waals surface area contributed by atoms with Gasteiger partial charge in [0.15, 0.2) is 11.5 Å². The van der Waals surface area contributed by atoms with Crippen LogP contribution in [0.2, 0.25) is 0 Å². The van der Waals surface area contributed by atoms with Gasteiger partial charge in [-0.15, -0.1) is 0 Å². The number of hydrogen-bond donors (Lipinski definition) is 2. The van der Waals surface area contributed by atoms with Crippen LogP contribution in [0.5, 0.6) is 23.0 Å². The van der Waals surface area contributed by atoms with Gasteiger partial charge in [-0.3, -0.25) is 9.59 Å². The summed E-state index contributed by atoms with van der Waals surface area (Å²) in [6.07, 6.45) is -1.24. The average molecular weight is 460 g/mol. The van der Waals surface area contributed by atoms with E-state index in [4.69, 9.17) is 23.7 Å². The van der Waals surface area contributed by atoms with E-state index in [1.165, 1.54) is 40.2 Å². The molecule has 1 saturated heterocycles.